The van der Waals surface area contributed by atoms with Gasteiger partial charge in [0.2, 0.25) is 0 Å². The first-order chi connectivity index (χ1) is 12.2. The van der Waals surface area contributed by atoms with Crippen molar-refractivity contribution >= 4 is 23.7 Å². The molecule has 1 aromatic carbocycles. The van der Waals surface area contributed by atoms with E-state index in [2.05, 4.69) is 19.1 Å². The fourth-order valence-electron chi connectivity index (χ4n) is 2.89. The number of carbonyl (C=O) groups excluding carboxylic acids is 2. The van der Waals surface area contributed by atoms with Crippen LogP contribution in [0.25, 0.3) is 0 Å². The van der Waals surface area contributed by atoms with E-state index in [0.717, 1.165) is 17.7 Å². The summed E-state index contributed by atoms with van der Waals surface area (Å²) in [5, 5.41) is -0.0143. The number of hydrogen-bond acceptors (Lipinski definition) is 5. The van der Waals surface area contributed by atoms with Crippen molar-refractivity contribution in [2.24, 2.45) is 11.8 Å². The predicted octanol–water partition coefficient (Wildman–Crippen LogP) is 4.25. The van der Waals surface area contributed by atoms with Gasteiger partial charge < -0.3 is 9.47 Å². The molecule has 1 heterocycles. The molecule has 0 saturated carbocycles. The molecule has 1 aliphatic rings. The summed E-state index contributed by atoms with van der Waals surface area (Å²) in [7, 11) is 1.31. The zero-order valence-electron chi connectivity index (χ0n) is 14.9. The van der Waals surface area contributed by atoms with Crippen molar-refractivity contribution in [1.29, 1.82) is 0 Å². The van der Waals surface area contributed by atoms with Gasteiger partial charge in [-0.2, -0.15) is 0 Å². The van der Waals surface area contributed by atoms with E-state index in [1.165, 1.54) is 20.0 Å². The first-order valence-corrected chi connectivity index (χ1v) is 9.68. The minimum Gasteiger partial charge on any atom is -0.468 e. The largest absolute Gasteiger partial charge is 0.468 e. The van der Waals surface area contributed by atoms with Crippen LogP contribution >= 0.6 is 11.8 Å². The van der Waals surface area contributed by atoms with Crippen molar-refractivity contribution in [1.82, 2.24) is 0 Å². The smallest absolute Gasteiger partial charge is 0.320 e. The molecule has 4 nitrogen and oxygen atoms in total. The van der Waals surface area contributed by atoms with Crippen molar-refractivity contribution in [3.63, 3.8) is 0 Å². The average Bonchev–Trinajstić information content (AvgIpc) is 3.02. The molecule has 1 fully saturated rings. The number of allylic oxidation sites excluding steroid dienone is 1. The van der Waals surface area contributed by atoms with E-state index in [4.69, 9.17) is 9.47 Å². The Labute approximate surface area is 154 Å². The fourth-order valence-corrected chi connectivity index (χ4v) is 4.12. The number of unbranched alkanes of at least 4 members (excludes halogenated alkanes) is 3. The zero-order chi connectivity index (χ0) is 18.1. The molecule has 0 spiro atoms. The van der Waals surface area contributed by atoms with E-state index >= 15 is 0 Å². The van der Waals surface area contributed by atoms with Crippen LogP contribution in [0.4, 0.5) is 0 Å². The Kier molecular flexibility index (Phi) is 8.06. The molecule has 136 valence electrons. The van der Waals surface area contributed by atoms with Gasteiger partial charge in [-0.25, -0.2) is 0 Å². The molecular formula is C20H26O4S. The standard InChI is InChI=1S/C20H26O4S/c1-3-4-5-6-10-13-17(25-15-11-8-7-9-12-15)16-14-24-20(22)18(16)19(21)23-2/h7-13,16-18H,3-6,14H2,1-2H3/b13-10+. The maximum absolute atomic E-state index is 12.1. The van der Waals surface area contributed by atoms with E-state index in [-0.39, 0.29) is 17.8 Å². The van der Waals surface area contributed by atoms with Crippen LogP contribution in [-0.2, 0) is 19.1 Å². The van der Waals surface area contributed by atoms with E-state index in [9.17, 15) is 9.59 Å². The molecule has 5 heteroatoms. The summed E-state index contributed by atoms with van der Waals surface area (Å²) in [6.07, 6.45) is 8.83. The summed E-state index contributed by atoms with van der Waals surface area (Å²) in [6, 6.07) is 10.0. The maximum atomic E-state index is 12.1. The summed E-state index contributed by atoms with van der Waals surface area (Å²) in [5.74, 6) is -2.04. The quantitative estimate of drug-likeness (QED) is 0.216. The van der Waals surface area contributed by atoms with Gasteiger partial charge in [0.25, 0.3) is 0 Å². The second-order valence-electron chi connectivity index (χ2n) is 6.11. The second-order valence-corrected chi connectivity index (χ2v) is 7.37. The number of benzene rings is 1. The van der Waals surface area contributed by atoms with Crippen LogP contribution in [0.1, 0.15) is 32.6 Å². The molecule has 0 aliphatic carbocycles. The number of hydrogen-bond donors (Lipinski definition) is 0. The molecule has 1 aliphatic heterocycles. The molecular weight excluding hydrogens is 336 g/mol. The lowest BCUT2D eigenvalue weighted by atomic mass is 9.91. The van der Waals surface area contributed by atoms with Crippen molar-refractivity contribution in [2.75, 3.05) is 13.7 Å². The molecule has 3 unspecified atom stereocenters. The minimum atomic E-state index is -0.841. The van der Waals surface area contributed by atoms with E-state index in [1.54, 1.807) is 11.8 Å². The summed E-state index contributed by atoms with van der Waals surface area (Å²) in [6.45, 7) is 2.43. The average molecular weight is 362 g/mol. The minimum absolute atomic E-state index is 0.0143. The Morgan fingerprint density at radius 1 is 1.36 bits per heavy atom. The van der Waals surface area contributed by atoms with Gasteiger partial charge in [-0.3, -0.25) is 9.59 Å². The molecule has 0 N–H and O–H groups in total. The first-order valence-electron chi connectivity index (χ1n) is 8.80. The highest BCUT2D eigenvalue weighted by atomic mass is 32.2. The normalized spacial score (nSPS) is 21.3. The lowest BCUT2D eigenvalue weighted by Crippen LogP contribution is -2.32. The second kappa shape index (κ2) is 10.3. The number of carbonyl (C=O) groups is 2. The molecule has 25 heavy (non-hydrogen) atoms. The van der Waals surface area contributed by atoms with Crippen LogP contribution in [0.5, 0.6) is 0 Å². The molecule has 0 radical (unpaired) electrons. The van der Waals surface area contributed by atoms with Crippen LogP contribution in [0.3, 0.4) is 0 Å². The Morgan fingerprint density at radius 3 is 2.80 bits per heavy atom. The highest BCUT2D eigenvalue weighted by molar-refractivity contribution is 8.00. The van der Waals surface area contributed by atoms with Gasteiger partial charge in [-0.1, -0.05) is 50.1 Å². The topological polar surface area (TPSA) is 52.6 Å². The van der Waals surface area contributed by atoms with Crippen LogP contribution in [-0.4, -0.2) is 30.9 Å². The Bertz CT molecular complexity index is 585. The highest BCUT2D eigenvalue weighted by Gasteiger charge is 2.46. The number of ether oxygens (including phenoxy) is 2. The maximum Gasteiger partial charge on any atom is 0.320 e. The highest BCUT2D eigenvalue weighted by Crippen LogP contribution is 2.37. The van der Waals surface area contributed by atoms with Gasteiger partial charge in [0.15, 0.2) is 5.92 Å². The molecule has 3 atom stereocenters. The molecule has 0 amide bonds. The predicted molar refractivity (Wildman–Crippen MR) is 99.3 cm³/mol. The number of cyclic esters (lactones) is 1. The lowest BCUT2D eigenvalue weighted by molar-refractivity contribution is -0.154. The SMILES string of the molecule is CCCCC/C=C/C(Sc1ccccc1)C1COC(=O)C1C(=O)OC. The summed E-state index contributed by atoms with van der Waals surface area (Å²) in [5.41, 5.74) is 0. The van der Waals surface area contributed by atoms with E-state index in [1.807, 2.05) is 30.3 Å². The van der Waals surface area contributed by atoms with Gasteiger partial charge in [-0.05, 0) is 25.0 Å². The molecule has 1 aromatic rings. The summed E-state index contributed by atoms with van der Waals surface area (Å²) in [4.78, 5) is 25.2. The molecule has 0 bridgehead atoms. The van der Waals surface area contributed by atoms with Gasteiger partial charge >= 0.3 is 11.9 Å². The van der Waals surface area contributed by atoms with Gasteiger partial charge in [-0.15, -0.1) is 11.8 Å². The number of methoxy groups -OCH3 is 1. The Morgan fingerprint density at radius 2 is 2.12 bits per heavy atom. The van der Waals surface area contributed by atoms with Gasteiger partial charge in [0, 0.05) is 16.1 Å². The zero-order valence-corrected chi connectivity index (χ0v) is 15.7. The molecule has 0 aromatic heterocycles. The van der Waals surface area contributed by atoms with Crippen LogP contribution < -0.4 is 0 Å². The van der Waals surface area contributed by atoms with Crippen molar-refractivity contribution < 1.29 is 19.1 Å². The first kappa shape index (κ1) is 19.6. The monoisotopic (exact) mass is 362 g/mol. The van der Waals surface area contributed by atoms with Crippen molar-refractivity contribution in [3.05, 3.63) is 42.5 Å². The summed E-state index contributed by atoms with van der Waals surface area (Å²) < 4.78 is 10.00. The van der Waals surface area contributed by atoms with Crippen LogP contribution in [0.15, 0.2) is 47.4 Å². The Hall–Kier alpha value is -1.75. The third-order valence-electron chi connectivity index (χ3n) is 4.29. The van der Waals surface area contributed by atoms with Crippen LogP contribution in [0, 0.1) is 11.8 Å². The fraction of sp³-hybridized carbons (Fsp3) is 0.500. The molecule has 2 rings (SSSR count). The van der Waals surface area contributed by atoms with Crippen molar-refractivity contribution in [3.8, 4) is 0 Å². The number of thioether (sulfide) groups is 1. The summed E-state index contributed by atoms with van der Waals surface area (Å²) >= 11 is 1.66. The lowest BCUT2D eigenvalue weighted by Gasteiger charge is -2.21. The number of rotatable bonds is 9. The van der Waals surface area contributed by atoms with E-state index < -0.39 is 17.9 Å². The molecule has 1 saturated heterocycles. The third kappa shape index (κ3) is 5.63. The number of esters is 2. The third-order valence-corrected chi connectivity index (χ3v) is 5.62. The van der Waals surface area contributed by atoms with Crippen LogP contribution in [0.2, 0.25) is 0 Å². The van der Waals surface area contributed by atoms with Crippen molar-refractivity contribution in [2.45, 2.75) is 42.8 Å². The van der Waals surface area contributed by atoms with Gasteiger partial charge in [0.05, 0.1) is 13.7 Å². The van der Waals surface area contributed by atoms with Gasteiger partial charge in [0.1, 0.15) is 0 Å². The Balaban J connectivity index is 2.14. The van der Waals surface area contributed by atoms with E-state index in [0.29, 0.717) is 0 Å².